The van der Waals surface area contributed by atoms with Crippen LogP contribution in [0.25, 0.3) is 20.3 Å². The van der Waals surface area contributed by atoms with Gasteiger partial charge in [0.25, 0.3) is 0 Å². The van der Waals surface area contributed by atoms with Crippen molar-refractivity contribution >= 4 is 69.7 Å². The van der Waals surface area contributed by atoms with E-state index in [0.29, 0.717) is 0 Å². The molecule has 0 saturated heterocycles. The summed E-state index contributed by atoms with van der Waals surface area (Å²) < 4.78 is 3.57. The largest absolute Gasteiger partial charge is 0.332 e. The molecule has 4 aromatic rings. The second kappa shape index (κ2) is 4.84. The number of fused-ring (bicyclic) bond motifs is 2. The number of hydrogen-bond acceptors (Lipinski definition) is 4. The lowest BCUT2D eigenvalue weighted by Gasteiger charge is -2.01. The lowest BCUT2D eigenvalue weighted by atomic mass is 10.2. The molecule has 0 radical (unpaired) electrons. The minimum absolute atomic E-state index is 0.924. The fourth-order valence-corrected chi connectivity index (χ4v) is 4.33. The Morgan fingerprint density at radius 1 is 1.00 bits per heavy atom. The highest BCUT2D eigenvalue weighted by Crippen LogP contribution is 2.31. The maximum absolute atomic E-state index is 4.61. The van der Waals surface area contributed by atoms with Crippen LogP contribution in [0.1, 0.15) is 0 Å². The summed E-state index contributed by atoms with van der Waals surface area (Å²) in [5.74, 6) is 0. The summed E-state index contributed by atoms with van der Waals surface area (Å²) in [4.78, 5) is 4.61. The number of aromatic nitrogens is 1. The zero-order chi connectivity index (χ0) is 13.5. The van der Waals surface area contributed by atoms with Gasteiger partial charge in [-0.05, 0) is 53.2 Å². The number of halogens is 1. The Kier molecular flexibility index (Phi) is 2.98. The van der Waals surface area contributed by atoms with Crippen LogP contribution in [0.15, 0.2) is 52.3 Å². The Balaban J connectivity index is 1.72. The molecule has 4 rings (SSSR count). The second-order valence-electron chi connectivity index (χ2n) is 4.43. The van der Waals surface area contributed by atoms with Crippen LogP contribution in [0.3, 0.4) is 0 Å². The third kappa shape index (κ3) is 2.22. The first-order valence-electron chi connectivity index (χ1n) is 6.08. The van der Waals surface area contributed by atoms with E-state index in [1.165, 1.54) is 14.8 Å². The van der Waals surface area contributed by atoms with Crippen molar-refractivity contribution in [1.29, 1.82) is 0 Å². The van der Waals surface area contributed by atoms with Crippen LogP contribution >= 0.6 is 38.6 Å². The first kappa shape index (κ1) is 12.3. The molecule has 98 valence electrons. The third-order valence-electron chi connectivity index (χ3n) is 3.05. The van der Waals surface area contributed by atoms with E-state index in [-0.39, 0.29) is 0 Å². The fraction of sp³-hybridized carbons (Fsp3) is 0. The first-order valence-corrected chi connectivity index (χ1v) is 8.57. The fourth-order valence-electron chi connectivity index (χ4n) is 2.12. The average molecular weight is 361 g/mol. The summed E-state index contributed by atoms with van der Waals surface area (Å²) in [5.41, 5.74) is 2.10. The summed E-state index contributed by atoms with van der Waals surface area (Å²) in [5, 5.41) is 7.70. The van der Waals surface area contributed by atoms with Gasteiger partial charge in [0, 0.05) is 14.9 Å². The molecule has 2 aromatic carbocycles. The van der Waals surface area contributed by atoms with Gasteiger partial charge in [-0.25, -0.2) is 4.98 Å². The number of benzene rings is 2. The molecule has 0 saturated carbocycles. The van der Waals surface area contributed by atoms with E-state index >= 15 is 0 Å². The maximum Gasteiger partial charge on any atom is 0.188 e. The van der Waals surface area contributed by atoms with Crippen molar-refractivity contribution < 1.29 is 0 Å². The molecular weight excluding hydrogens is 352 g/mol. The van der Waals surface area contributed by atoms with Crippen molar-refractivity contribution in [3.8, 4) is 0 Å². The lowest BCUT2D eigenvalue weighted by Crippen LogP contribution is -1.88. The van der Waals surface area contributed by atoms with Gasteiger partial charge in [-0.15, -0.1) is 11.3 Å². The Labute approximate surface area is 132 Å². The molecule has 2 aromatic heterocycles. The summed E-state index contributed by atoms with van der Waals surface area (Å²) in [6.45, 7) is 0. The van der Waals surface area contributed by atoms with Gasteiger partial charge in [-0.2, -0.15) is 0 Å². The molecule has 0 unspecified atom stereocenters. The van der Waals surface area contributed by atoms with Gasteiger partial charge >= 0.3 is 0 Å². The molecule has 2 nitrogen and oxygen atoms in total. The van der Waals surface area contributed by atoms with Gasteiger partial charge in [0.1, 0.15) is 0 Å². The van der Waals surface area contributed by atoms with E-state index in [0.717, 1.165) is 20.8 Å². The quantitative estimate of drug-likeness (QED) is 0.472. The third-order valence-corrected chi connectivity index (χ3v) is 5.38. The molecule has 2 heterocycles. The van der Waals surface area contributed by atoms with Crippen molar-refractivity contribution in [3.63, 3.8) is 0 Å². The summed E-state index contributed by atoms with van der Waals surface area (Å²) in [6.07, 6.45) is 0. The first-order chi connectivity index (χ1) is 9.78. The van der Waals surface area contributed by atoms with Crippen molar-refractivity contribution in [2.75, 3.05) is 5.32 Å². The molecule has 0 spiro atoms. The van der Waals surface area contributed by atoms with Crippen molar-refractivity contribution in [2.45, 2.75) is 0 Å². The van der Waals surface area contributed by atoms with E-state index in [1.54, 1.807) is 22.7 Å². The molecule has 0 fully saturated rings. The molecule has 0 aliphatic carbocycles. The number of nitrogens with zero attached hydrogens (tertiary/aromatic N) is 1. The number of thiazole rings is 1. The molecule has 0 atom stereocenters. The minimum Gasteiger partial charge on any atom is -0.332 e. The molecule has 1 N–H and O–H groups in total. The number of anilines is 2. The van der Waals surface area contributed by atoms with Gasteiger partial charge in [-0.1, -0.05) is 27.3 Å². The summed E-state index contributed by atoms with van der Waals surface area (Å²) in [7, 11) is 0. The highest BCUT2D eigenvalue weighted by atomic mass is 79.9. The Morgan fingerprint density at radius 3 is 2.90 bits per heavy atom. The van der Waals surface area contributed by atoms with Crippen LogP contribution in [0.2, 0.25) is 0 Å². The molecule has 5 heteroatoms. The van der Waals surface area contributed by atoms with E-state index < -0.39 is 0 Å². The SMILES string of the molecule is Brc1ccc2nc(Nc3ccc4sccc4c3)sc2c1. The van der Waals surface area contributed by atoms with Crippen LogP contribution in [0.5, 0.6) is 0 Å². The van der Waals surface area contributed by atoms with Gasteiger partial charge in [0.15, 0.2) is 5.13 Å². The second-order valence-corrected chi connectivity index (χ2v) is 7.32. The van der Waals surface area contributed by atoms with Gasteiger partial charge in [0.2, 0.25) is 0 Å². The van der Waals surface area contributed by atoms with Crippen LogP contribution in [0.4, 0.5) is 10.8 Å². The predicted octanol–water partition coefficient (Wildman–Crippen LogP) is 6.02. The molecule has 0 aliphatic rings. The van der Waals surface area contributed by atoms with Gasteiger partial charge < -0.3 is 5.32 Å². The molecule has 0 aliphatic heterocycles. The zero-order valence-corrected chi connectivity index (χ0v) is 13.5. The van der Waals surface area contributed by atoms with Crippen LogP contribution in [-0.2, 0) is 0 Å². The van der Waals surface area contributed by atoms with Crippen molar-refractivity contribution in [2.24, 2.45) is 0 Å². The summed E-state index contributed by atoms with van der Waals surface area (Å²) in [6, 6.07) is 14.7. The van der Waals surface area contributed by atoms with Crippen LogP contribution in [-0.4, -0.2) is 4.98 Å². The maximum atomic E-state index is 4.61. The van der Waals surface area contributed by atoms with Gasteiger partial charge in [0.05, 0.1) is 10.2 Å². The van der Waals surface area contributed by atoms with E-state index in [2.05, 4.69) is 61.9 Å². The minimum atomic E-state index is 0.924. The Hall–Kier alpha value is -1.43. The zero-order valence-electron chi connectivity index (χ0n) is 10.3. The monoisotopic (exact) mass is 360 g/mol. The van der Waals surface area contributed by atoms with Crippen LogP contribution < -0.4 is 5.32 Å². The molecule has 20 heavy (non-hydrogen) atoms. The average Bonchev–Trinajstić information content (AvgIpc) is 3.03. The smallest absolute Gasteiger partial charge is 0.188 e. The topological polar surface area (TPSA) is 24.9 Å². The Morgan fingerprint density at radius 2 is 1.95 bits per heavy atom. The van der Waals surface area contributed by atoms with E-state index in [9.17, 15) is 0 Å². The number of thiophene rings is 1. The van der Waals surface area contributed by atoms with Crippen molar-refractivity contribution in [1.82, 2.24) is 4.98 Å². The van der Waals surface area contributed by atoms with Crippen molar-refractivity contribution in [3.05, 3.63) is 52.3 Å². The number of nitrogens with one attached hydrogen (secondary N) is 1. The highest BCUT2D eigenvalue weighted by Gasteiger charge is 2.05. The number of hydrogen-bond donors (Lipinski definition) is 1. The standard InChI is InChI=1S/C15H9BrN2S2/c16-10-1-3-12-14(8-10)20-15(18-12)17-11-2-4-13-9(7-11)5-6-19-13/h1-8H,(H,17,18). The lowest BCUT2D eigenvalue weighted by molar-refractivity contribution is 1.45. The normalized spacial score (nSPS) is 11.2. The Bertz CT molecular complexity index is 910. The summed E-state index contributed by atoms with van der Waals surface area (Å²) >= 11 is 6.92. The van der Waals surface area contributed by atoms with E-state index in [4.69, 9.17) is 0 Å². The highest BCUT2D eigenvalue weighted by molar-refractivity contribution is 9.10. The predicted molar refractivity (Wildman–Crippen MR) is 92.4 cm³/mol. The number of rotatable bonds is 2. The van der Waals surface area contributed by atoms with Crippen LogP contribution in [0, 0.1) is 0 Å². The molecule has 0 amide bonds. The molecular formula is C15H9BrN2S2. The van der Waals surface area contributed by atoms with Gasteiger partial charge in [-0.3, -0.25) is 0 Å². The van der Waals surface area contributed by atoms with E-state index in [1.807, 2.05) is 12.1 Å². The molecule has 0 bridgehead atoms.